The third-order valence-corrected chi connectivity index (χ3v) is 2.46. The van der Waals surface area contributed by atoms with Gasteiger partial charge in [0.1, 0.15) is 5.76 Å². The van der Waals surface area contributed by atoms with Crippen LogP contribution >= 0.6 is 0 Å². The molecule has 0 aliphatic heterocycles. The second-order valence-electron chi connectivity index (χ2n) is 4.16. The van der Waals surface area contributed by atoms with Crippen molar-refractivity contribution in [3.63, 3.8) is 0 Å². The van der Waals surface area contributed by atoms with Crippen LogP contribution in [-0.2, 0) is 6.42 Å². The maximum absolute atomic E-state index is 9.66. The highest BCUT2D eigenvalue weighted by molar-refractivity contribution is 4.98. The van der Waals surface area contributed by atoms with Gasteiger partial charge in [-0.15, -0.1) is 0 Å². The normalized spacial score (nSPS) is 14.3. The Bertz CT molecular complexity index is 249. The fourth-order valence-electron chi connectivity index (χ4n) is 1.12. The number of furan rings is 1. The van der Waals surface area contributed by atoms with Crippen molar-refractivity contribution in [2.45, 2.75) is 38.8 Å². The first-order valence-electron chi connectivity index (χ1n) is 4.98. The van der Waals surface area contributed by atoms with Gasteiger partial charge in [-0.2, -0.15) is 0 Å². The Morgan fingerprint density at radius 1 is 1.57 bits per heavy atom. The predicted molar refractivity (Wildman–Crippen MR) is 56.2 cm³/mol. The van der Waals surface area contributed by atoms with Crippen LogP contribution in [0.5, 0.6) is 0 Å². The number of rotatable bonds is 5. The highest BCUT2D eigenvalue weighted by Crippen LogP contribution is 2.07. The smallest absolute Gasteiger partial charge is 0.105 e. The van der Waals surface area contributed by atoms with Gasteiger partial charge in [-0.3, -0.25) is 0 Å². The van der Waals surface area contributed by atoms with Gasteiger partial charge in [-0.25, -0.2) is 0 Å². The molecule has 0 bridgehead atoms. The molecule has 14 heavy (non-hydrogen) atoms. The zero-order chi connectivity index (χ0) is 10.6. The van der Waals surface area contributed by atoms with E-state index in [2.05, 4.69) is 5.32 Å². The molecular formula is C11H19NO2. The lowest BCUT2D eigenvalue weighted by atomic mass is 10.0. The Hall–Kier alpha value is -0.800. The zero-order valence-corrected chi connectivity index (χ0v) is 9.08. The fourth-order valence-corrected chi connectivity index (χ4v) is 1.12. The van der Waals surface area contributed by atoms with Crippen molar-refractivity contribution in [2.24, 2.45) is 0 Å². The van der Waals surface area contributed by atoms with E-state index in [0.717, 1.165) is 18.7 Å². The molecule has 3 heteroatoms. The Balaban J connectivity index is 2.22. The Kier molecular flexibility index (Phi) is 3.72. The largest absolute Gasteiger partial charge is 0.469 e. The van der Waals surface area contributed by atoms with Crippen LogP contribution in [0.4, 0.5) is 0 Å². The summed E-state index contributed by atoms with van der Waals surface area (Å²) in [5, 5.41) is 12.9. The van der Waals surface area contributed by atoms with Crippen LogP contribution in [0.1, 0.15) is 26.5 Å². The quantitative estimate of drug-likeness (QED) is 0.753. The van der Waals surface area contributed by atoms with Crippen molar-refractivity contribution in [2.75, 3.05) is 6.54 Å². The van der Waals surface area contributed by atoms with E-state index >= 15 is 0 Å². The molecule has 1 rings (SSSR count). The van der Waals surface area contributed by atoms with Gasteiger partial charge in [0.15, 0.2) is 0 Å². The van der Waals surface area contributed by atoms with Crippen LogP contribution in [0.3, 0.4) is 0 Å². The molecule has 0 saturated heterocycles. The summed E-state index contributed by atoms with van der Waals surface area (Å²) in [7, 11) is 0. The molecule has 1 heterocycles. The fraction of sp³-hybridized carbons (Fsp3) is 0.636. The van der Waals surface area contributed by atoms with Crippen molar-refractivity contribution >= 4 is 0 Å². The highest BCUT2D eigenvalue weighted by atomic mass is 16.3. The highest BCUT2D eigenvalue weighted by Gasteiger charge is 2.21. The van der Waals surface area contributed by atoms with E-state index in [4.69, 9.17) is 4.42 Å². The minimum absolute atomic E-state index is 0.0810. The van der Waals surface area contributed by atoms with Gasteiger partial charge in [-0.1, -0.05) is 0 Å². The van der Waals surface area contributed by atoms with Gasteiger partial charge < -0.3 is 14.8 Å². The summed E-state index contributed by atoms with van der Waals surface area (Å²) >= 11 is 0. The van der Waals surface area contributed by atoms with E-state index < -0.39 is 5.60 Å². The number of hydrogen-bond donors (Lipinski definition) is 2. The van der Waals surface area contributed by atoms with Crippen LogP contribution in [0, 0.1) is 0 Å². The predicted octanol–water partition coefficient (Wildman–Crippen LogP) is 1.57. The molecular weight excluding hydrogens is 178 g/mol. The van der Waals surface area contributed by atoms with Gasteiger partial charge in [0.05, 0.1) is 11.9 Å². The van der Waals surface area contributed by atoms with Gasteiger partial charge in [0.25, 0.3) is 0 Å². The van der Waals surface area contributed by atoms with Gasteiger partial charge in [-0.05, 0) is 32.9 Å². The third kappa shape index (κ3) is 3.52. The maximum atomic E-state index is 9.66. The van der Waals surface area contributed by atoms with Crippen molar-refractivity contribution in [3.8, 4) is 0 Å². The number of hydrogen-bond acceptors (Lipinski definition) is 3. The van der Waals surface area contributed by atoms with E-state index in [9.17, 15) is 5.11 Å². The number of nitrogens with one attached hydrogen (secondary N) is 1. The standard InChI is InChI=1S/C11H19NO2/c1-9(11(2,3)13)12-7-6-10-5-4-8-14-10/h4-5,8-9,12-13H,6-7H2,1-3H3. The second-order valence-corrected chi connectivity index (χ2v) is 4.16. The van der Waals surface area contributed by atoms with Crippen molar-refractivity contribution in [3.05, 3.63) is 24.2 Å². The molecule has 0 radical (unpaired) electrons. The van der Waals surface area contributed by atoms with Gasteiger partial charge in [0, 0.05) is 19.0 Å². The molecule has 3 nitrogen and oxygen atoms in total. The summed E-state index contributed by atoms with van der Waals surface area (Å²) in [5.74, 6) is 0.973. The average Bonchev–Trinajstić information content (AvgIpc) is 2.55. The molecule has 0 aliphatic rings. The molecule has 1 aromatic heterocycles. The van der Waals surface area contributed by atoms with Crippen molar-refractivity contribution < 1.29 is 9.52 Å². The van der Waals surface area contributed by atoms with Crippen molar-refractivity contribution in [1.82, 2.24) is 5.32 Å². The first-order valence-corrected chi connectivity index (χ1v) is 4.98. The van der Waals surface area contributed by atoms with Crippen LogP contribution in [0.2, 0.25) is 0 Å². The van der Waals surface area contributed by atoms with E-state index in [1.54, 1.807) is 20.1 Å². The molecule has 0 aliphatic carbocycles. The molecule has 2 N–H and O–H groups in total. The SMILES string of the molecule is CC(NCCc1ccco1)C(C)(C)O. The third-order valence-electron chi connectivity index (χ3n) is 2.46. The second kappa shape index (κ2) is 4.62. The summed E-state index contributed by atoms with van der Waals surface area (Å²) < 4.78 is 5.20. The Morgan fingerprint density at radius 3 is 2.79 bits per heavy atom. The van der Waals surface area contributed by atoms with E-state index in [0.29, 0.717) is 0 Å². The summed E-state index contributed by atoms with van der Waals surface area (Å²) in [5.41, 5.74) is -0.677. The van der Waals surface area contributed by atoms with Crippen LogP contribution in [-0.4, -0.2) is 23.3 Å². The monoisotopic (exact) mass is 197 g/mol. The average molecular weight is 197 g/mol. The van der Waals surface area contributed by atoms with Gasteiger partial charge >= 0.3 is 0 Å². The van der Waals surface area contributed by atoms with Crippen LogP contribution in [0.25, 0.3) is 0 Å². The summed E-state index contributed by atoms with van der Waals surface area (Å²) in [4.78, 5) is 0. The Morgan fingerprint density at radius 2 is 2.29 bits per heavy atom. The summed E-state index contributed by atoms with van der Waals surface area (Å²) in [6.45, 7) is 6.40. The lowest BCUT2D eigenvalue weighted by Gasteiger charge is -2.26. The van der Waals surface area contributed by atoms with E-state index in [1.807, 2.05) is 19.1 Å². The molecule has 0 spiro atoms. The van der Waals surface area contributed by atoms with Crippen LogP contribution in [0.15, 0.2) is 22.8 Å². The first kappa shape index (κ1) is 11.3. The summed E-state index contributed by atoms with van der Waals surface area (Å²) in [6.07, 6.45) is 2.53. The summed E-state index contributed by atoms with van der Waals surface area (Å²) in [6, 6.07) is 3.92. The molecule has 80 valence electrons. The van der Waals surface area contributed by atoms with Crippen LogP contribution < -0.4 is 5.32 Å². The lowest BCUT2D eigenvalue weighted by molar-refractivity contribution is 0.0445. The minimum atomic E-state index is -0.677. The first-order chi connectivity index (χ1) is 6.50. The van der Waals surface area contributed by atoms with E-state index in [-0.39, 0.29) is 6.04 Å². The van der Waals surface area contributed by atoms with Crippen molar-refractivity contribution in [1.29, 1.82) is 0 Å². The van der Waals surface area contributed by atoms with Gasteiger partial charge in [0.2, 0.25) is 0 Å². The molecule has 0 saturated carbocycles. The molecule has 1 atom stereocenters. The molecule has 0 fully saturated rings. The lowest BCUT2D eigenvalue weighted by Crippen LogP contribution is -2.45. The molecule has 1 aromatic rings. The van der Waals surface area contributed by atoms with E-state index in [1.165, 1.54) is 0 Å². The number of aliphatic hydroxyl groups is 1. The molecule has 0 aromatic carbocycles. The topological polar surface area (TPSA) is 45.4 Å². The minimum Gasteiger partial charge on any atom is -0.469 e. The molecule has 1 unspecified atom stereocenters. The maximum Gasteiger partial charge on any atom is 0.105 e. The molecule has 0 amide bonds. The Labute approximate surface area is 85.1 Å². The zero-order valence-electron chi connectivity index (χ0n) is 9.08.